The van der Waals surface area contributed by atoms with Gasteiger partial charge in [0.2, 0.25) is 5.91 Å². The van der Waals surface area contributed by atoms with E-state index in [-0.39, 0.29) is 18.3 Å². The maximum absolute atomic E-state index is 9.94. The van der Waals surface area contributed by atoms with Crippen molar-refractivity contribution in [2.24, 2.45) is 5.84 Å². The molecule has 0 atom stereocenters. The molecule has 0 unspecified atom stereocenters. The Labute approximate surface area is 48.9 Å². The number of nitrogens with two attached hydrogens (primary N) is 1. The van der Waals surface area contributed by atoms with Crippen molar-refractivity contribution < 1.29 is 4.79 Å². The minimum atomic E-state index is -0.130. The van der Waals surface area contributed by atoms with Crippen LogP contribution in [0.4, 0.5) is 0 Å². The number of hydrogen-bond acceptors (Lipinski definition) is 2. The summed E-state index contributed by atoms with van der Waals surface area (Å²) in [6.07, 6.45) is 0. The molecule has 1 amide bonds. The second-order valence-corrected chi connectivity index (χ2v) is 1.13. The van der Waals surface area contributed by atoms with Crippen LogP contribution < -0.4 is 5.84 Å². The van der Waals surface area contributed by atoms with Gasteiger partial charge in [0.1, 0.15) is 0 Å². The Bertz CT molecular complexity index is 64.0. The Balaban J connectivity index is 0. The summed E-state index contributed by atoms with van der Waals surface area (Å²) in [5.74, 6) is 4.79. The molecule has 0 radical (unpaired) electrons. The van der Waals surface area contributed by atoms with Crippen molar-refractivity contribution in [3.05, 3.63) is 0 Å². The first-order valence-electron chi connectivity index (χ1n) is 1.63. The summed E-state index contributed by atoms with van der Waals surface area (Å²) < 4.78 is 0. The third kappa shape index (κ3) is 5.72. The molecule has 7 heavy (non-hydrogen) atoms. The Kier molecular flexibility index (Phi) is 5.49. The Hall–Kier alpha value is -0.280. The number of rotatable bonds is 0. The molecule has 44 valence electrons. The normalized spacial score (nSPS) is 6.71. The molecule has 0 aromatic carbocycles. The van der Waals surface area contributed by atoms with E-state index in [0.29, 0.717) is 0 Å². The molecule has 2 N–H and O–H groups in total. The third-order valence-electron chi connectivity index (χ3n) is 0.497. The first-order valence-corrected chi connectivity index (χ1v) is 1.63. The molecule has 0 heterocycles. The average molecular weight is 125 g/mol. The minimum Gasteiger partial charge on any atom is -0.284 e. The second kappa shape index (κ2) is 3.89. The van der Waals surface area contributed by atoms with Gasteiger partial charge in [-0.2, -0.15) is 0 Å². The largest absolute Gasteiger partial charge is 0.284 e. The molecule has 0 aliphatic carbocycles. The molecule has 0 aromatic rings. The van der Waals surface area contributed by atoms with E-state index in [0.717, 1.165) is 5.01 Å². The van der Waals surface area contributed by atoms with E-state index in [1.165, 1.54) is 14.0 Å². The lowest BCUT2D eigenvalue weighted by Crippen LogP contribution is -2.30. The average Bonchev–Trinajstić information content (AvgIpc) is 1.36. The van der Waals surface area contributed by atoms with Crippen molar-refractivity contribution in [1.82, 2.24) is 5.01 Å². The standard InChI is InChI=1S/C3H8N2O.ClH/c1-3(6)5(2)4;/h4H2,1-2H3;1H. The van der Waals surface area contributed by atoms with Crippen LogP contribution in [-0.4, -0.2) is 18.0 Å². The molecular formula is C3H9ClN2O. The van der Waals surface area contributed by atoms with E-state index >= 15 is 0 Å². The number of hydrazine groups is 1. The smallest absolute Gasteiger partial charge is 0.233 e. The number of hydrogen-bond donors (Lipinski definition) is 1. The highest BCUT2D eigenvalue weighted by Crippen LogP contribution is 1.64. The molecule has 0 saturated heterocycles. The lowest BCUT2D eigenvalue weighted by Gasteiger charge is -2.02. The Morgan fingerprint density at radius 1 is 1.71 bits per heavy atom. The second-order valence-electron chi connectivity index (χ2n) is 1.13. The van der Waals surface area contributed by atoms with Crippen LogP contribution in [0.5, 0.6) is 0 Å². The maximum atomic E-state index is 9.94. The zero-order valence-corrected chi connectivity index (χ0v) is 5.16. The molecule has 0 aliphatic rings. The van der Waals surface area contributed by atoms with Gasteiger partial charge in [-0.3, -0.25) is 9.80 Å². The molecule has 0 spiro atoms. The predicted octanol–water partition coefficient (Wildman–Crippen LogP) is -0.240. The van der Waals surface area contributed by atoms with Crippen LogP contribution in [0.1, 0.15) is 6.92 Å². The number of nitrogens with zero attached hydrogens (tertiary/aromatic N) is 1. The fourth-order valence-electron chi connectivity index (χ4n) is 0. The molecule has 0 rings (SSSR count). The van der Waals surface area contributed by atoms with E-state index in [9.17, 15) is 4.79 Å². The van der Waals surface area contributed by atoms with Gasteiger partial charge in [-0.15, -0.1) is 12.4 Å². The van der Waals surface area contributed by atoms with E-state index in [1.807, 2.05) is 0 Å². The van der Waals surface area contributed by atoms with Crippen LogP contribution in [0.25, 0.3) is 0 Å². The summed E-state index contributed by atoms with van der Waals surface area (Å²) in [4.78, 5) is 9.94. The summed E-state index contributed by atoms with van der Waals surface area (Å²) in [6.45, 7) is 1.40. The molecule has 0 aliphatic heterocycles. The van der Waals surface area contributed by atoms with Crippen LogP contribution in [0.15, 0.2) is 0 Å². The Morgan fingerprint density at radius 2 is 1.86 bits per heavy atom. The van der Waals surface area contributed by atoms with Crippen molar-refractivity contribution >= 4 is 18.3 Å². The number of amides is 1. The summed E-state index contributed by atoms with van der Waals surface area (Å²) in [5.41, 5.74) is 0. The first kappa shape index (κ1) is 9.87. The summed E-state index contributed by atoms with van der Waals surface area (Å²) in [6, 6.07) is 0. The zero-order chi connectivity index (χ0) is 5.15. The zero-order valence-electron chi connectivity index (χ0n) is 4.34. The summed E-state index contributed by atoms with van der Waals surface area (Å²) in [7, 11) is 1.50. The molecule has 0 aromatic heterocycles. The van der Waals surface area contributed by atoms with Gasteiger partial charge in [0.05, 0.1) is 0 Å². The van der Waals surface area contributed by atoms with Gasteiger partial charge < -0.3 is 0 Å². The van der Waals surface area contributed by atoms with Crippen molar-refractivity contribution in [1.29, 1.82) is 0 Å². The van der Waals surface area contributed by atoms with Gasteiger partial charge in [-0.25, -0.2) is 5.84 Å². The fraction of sp³-hybridized carbons (Fsp3) is 0.667. The molecule has 0 bridgehead atoms. The first-order chi connectivity index (χ1) is 2.64. The van der Waals surface area contributed by atoms with Crippen LogP contribution in [0.2, 0.25) is 0 Å². The van der Waals surface area contributed by atoms with E-state index < -0.39 is 0 Å². The molecule has 4 heteroatoms. The molecular weight excluding hydrogens is 115 g/mol. The van der Waals surface area contributed by atoms with Crippen molar-refractivity contribution in [3.63, 3.8) is 0 Å². The van der Waals surface area contributed by atoms with Gasteiger partial charge >= 0.3 is 0 Å². The van der Waals surface area contributed by atoms with Crippen LogP contribution in [-0.2, 0) is 4.79 Å². The van der Waals surface area contributed by atoms with Crippen molar-refractivity contribution in [3.8, 4) is 0 Å². The van der Waals surface area contributed by atoms with Crippen LogP contribution >= 0.6 is 12.4 Å². The van der Waals surface area contributed by atoms with Gasteiger partial charge in [-0.05, 0) is 0 Å². The predicted molar refractivity (Wildman–Crippen MR) is 29.9 cm³/mol. The number of carbonyl (C=O) groups excluding carboxylic acids is 1. The monoisotopic (exact) mass is 124 g/mol. The molecule has 0 saturated carbocycles. The topological polar surface area (TPSA) is 46.3 Å². The SMILES string of the molecule is CC(=O)N(C)N.Cl. The van der Waals surface area contributed by atoms with Crippen LogP contribution in [0, 0.1) is 0 Å². The number of halogens is 1. The summed E-state index contributed by atoms with van der Waals surface area (Å²) in [5, 5.41) is 1.03. The van der Waals surface area contributed by atoms with Crippen molar-refractivity contribution in [2.75, 3.05) is 7.05 Å². The lowest BCUT2D eigenvalue weighted by molar-refractivity contribution is -0.127. The van der Waals surface area contributed by atoms with Crippen LogP contribution in [0.3, 0.4) is 0 Å². The van der Waals surface area contributed by atoms with Gasteiger partial charge in [0.15, 0.2) is 0 Å². The van der Waals surface area contributed by atoms with Gasteiger partial charge in [0.25, 0.3) is 0 Å². The van der Waals surface area contributed by atoms with E-state index in [4.69, 9.17) is 5.84 Å². The van der Waals surface area contributed by atoms with E-state index in [2.05, 4.69) is 0 Å². The Morgan fingerprint density at radius 3 is 1.86 bits per heavy atom. The third-order valence-corrected chi connectivity index (χ3v) is 0.497. The highest BCUT2D eigenvalue weighted by molar-refractivity contribution is 5.85. The highest BCUT2D eigenvalue weighted by atomic mass is 35.5. The minimum absolute atomic E-state index is 0. The summed E-state index contributed by atoms with van der Waals surface area (Å²) >= 11 is 0. The molecule has 0 fully saturated rings. The molecule has 3 nitrogen and oxygen atoms in total. The quantitative estimate of drug-likeness (QED) is 0.275. The lowest BCUT2D eigenvalue weighted by atomic mass is 10.7. The van der Waals surface area contributed by atoms with E-state index in [1.54, 1.807) is 0 Å². The van der Waals surface area contributed by atoms with Gasteiger partial charge in [-0.1, -0.05) is 0 Å². The fourth-order valence-corrected chi connectivity index (χ4v) is 0. The maximum Gasteiger partial charge on any atom is 0.233 e. The van der Waals surface area contributed by atoms with Gasteiger partial charge in [0, 0.05) is 14.0 Å². The number of carbonyl (C=O) groups is 1. The highest BCUT2D eigenvalue weighted by Gasteiger charge is 1.88. The van der Waals surface area contributed by atoms with Crippen molar-refractivity contribution in [2.45, 2.75) is 6.92 Å².